The molecule has 3 aromatic carbocycles. The van der Waals surface area contributed by atoms with Gasteiger partial charge in [0.05, 0.1) is 12.8 Å². The largest absolute Gasteiger partial charge is 0.497 e. The van der Waals surface area contributed by atoms with Crippen molar-refractivity contribution in [1.82, 2.24) is 5.32 Å². The Kier molecular flexibility index (Phi) is 6.42. The molecule has 3 aromatic rings. The molecule has 1 aliphatic heterocycles. The minimum Gasteiger partial charge on any atom is -0.497 e. The summed E-state index contributed by atoms with van der Waals surface area (Å²) in [5.74, 6) is -0.810. The molecule has 1 aliphatic rings. The molecule has 3 amide bonds. The topological polar surface area (TPSA) is 87.7 Å². The highest BCUT2D eigenvalue weighted by atomic mass is 35.5. The van der Waals surface area contributed by atoms with E-state index in [0.717, 1.165) is 10.5 Å². The van der Waals surface area contributed by atoms with Crippen LogP contribution in [0.15, 0.2) is 89.6 Å². The number of carbonyl (C=O) groups is 3. The molecule has 2 N–H and O–H groups in total. The molecule has 4 rings (SSSR count). The molecule has 0 unspecified atom stereocenters. The van der Waals surface area contributed by atoms with E-state index in [9.17, 15) is 14.4 Å². The van der Waals surface area contributed by atoms with E-state index in [1.165, 1.54) is 7.11 Å². The fraction of sp³-hybridized carbons (Fsp3) is 0.0800. The van der Waals surface area contributed by atoms with Crippen molar-refractivity contribution in [3.63, 3.8) is 0 Å². The van der Waals surface area contributed by atoms with Gasteiger partial charge in [-0.2, -0.15) is 0 Å². The van der Waals surface area contributed by atoms with Crippen molar-refractivity contribution < 1.29 is 19.1 Å². The van der Waals surface area contributed by atoms with Crippen LogP contribution in [-0.4, -0.2) is 24.8 Å². The summed E-state index contributed by atoms with van der Waals surface area (Å²) in [5, 5.41) is 5.54. The van der Waals surface area contributed by atoms with E-state index in [-0.39, 0.29) is 16.6 Å². The number of ether oxygens (including phenoxy) is 1. The van der Waals surface area contributed by atoms with Gasteiger partial charge in [-0.15, -0.1) is 0 Å². The molecular weight excluding hydrogens is 442 g/mol. The van der Waals surface area contributed by atoms with Crippen LogP contribution in [0.1, 0.15) is 15.9 Å². The van der Waals surface area contributed by atoms with Crippen LogP contribution >= 0.6 is 11.6 Å². The summed E-state index contributed by atoms with van der Waals surface area (Å²) in [6, 6.07) is 22.6. The van der Waals surface area contributed by atoms with Crippen LogP contribution in [0.25, 0.3) is 0 Å². The van der Waals surface area contributed by atoms with Crippen LogP contribution in [0.2, 0.25) is 0 Å². The molecule has 0 saturated heterocycles. The first kappa shape index (κ1) is 22.1. The summed E-state index contributed by atoms with van der Waals surface area (Å²) < 4.78 is 5.11. The van der Waals surface area contributed by atoms with E-state index >= 15 is 0 Å². The highest BCUT2D eigenvalue weighted by Crippen LogP contribution is 2.31. The second-order valence-electron chi connectivity index (χ2n) is 7.20. The van der Waals surface area contributed by atoms with Crippen molar-refractivity contribution in [2.45, 2.75) is 6.54 Å². The molecule has 0 atom stereocenters. The van der Waals surface area contributed by atoms with Gasteiger partial charge in [0, 0.05) is 17.8 Å². The lowest BCUT2D eigenvalue weighted by atomic mass is 10.1. The molecule has 0 bridgehead atoms. The Morgan fingerprint density at radius 3 is 2.21 bits per heavy atom. The number of hydrogen-bond donors (Lipinski definition) is 2. The first-order chi connectivity index (χ1) is 16.0. The van der Waals surface area contributed by atoms with E-state index in [1.54, 1.807) is 48.5 Å². The van der Waals surface area contributed by atoms with Gasteiger partial charge in [-0.05, 0) is 54.1 Å². The zero-order valence-electron chi connectivity index (χ0n) is 17.7. The van der Waals surface area contributed by atoms with Crippen LogP contribution in [0.4, 0.5) is 11.4 Å². The van der Waals surface area contributed by atoms with Gasteiger partial charge in [-0.3, -0.25) is 14.4 Å². The SMILES string of the molecule is COc1ccc(N2C(=O)C(Cl)=C(Nc3ccc(C(=O)NCc4ccccc4)cc3)C2=O)cc1. The number of carbonyl (C=O) groups excluding carboxylic acids is 3. The van der Waals surface area contributed by atoms with Crippen molar-refractivity contribution in [2.75, 3.05) is 17.3 Å². The van der Waals surface area contributed by atoms with Crippen LogP contribution in [0.5, 0.6) is 5.75 Å². The van der Waals surface area contributed by atoms with Crippen molar-refractivity contribution >= 4 is 40.7 Å². The van der Waals surface area contributed by atoms with Gasteiger partial charge >= 0.3 is 0 Å². The number of nitrogens with zero attached hydrogens (tertiary/aromatic N) is 1. The smallest absolute Gasteiger partial charge is 0.283 e. The Labute approximate surface area is 195 Å². The summed E-state index contributed by atoms with van der Waals surface area (Å²) in [6.45, 7) is 0.417. The Morgan fingerprint density at radius 1 is 0.909 bits per heavy atom. The lowest BCUT2D eigenvalue weighted by Gasteiger charge is -2.15. The van der Waals surface area contributed by atoms with E-state index in [2.05, 4.69) is 10.6 Å². The number of nitrogens with one attached hydrogen (secondary N) is 2. The number of methoxy groups -OCH3 is 1. The fourth-order valence-corrected chi connectivity index (χ4v) is 3.52. The Morgan fingerprint density at radius 2 is 1.58 bits per heavy atom. The molecule has 166 valence electrons. The van der Waals surface area contributed by atoms with Crippen LogP contribution < -0.4 is 20.3 Å². The summed E-state index contributed by atoms with van der Waals surface area (Å²) in [5.41, 5.74) is 2.33. The van der Waals surface area contributed by atoms with Gasteiger partial charge < -0.3 is 15.4 Å². The Hall–Kier alpha value is -4.10. The maximum atomic E-state index is 12.9. The van der Waals surface area contributed by atoms with Crippen LogP contribution in [-0.2, 0) is 16.1 Å². The van der Waals surface area contributed by atoms with Gasteiger partial charge in [0.25, 0.3) is 17.7 Å². The summed E-state index contributed by atoms with van der Waals surface area (Å²) in [4.78, 5) is 38.9. The minimum atomic E-state index is -0.619. The molecule has 1 heterocycles. The Bertz CT molecular complexity index is 1220. The first-order valence-corrected chi connectivity index (χ1v) is 10.5. The third-order valence-electron chi connectivity index (χ3n) is 5.07. The average Bonchev–Trinajstić information content (AvgIpc) is 3.06. The van der Waals surface area contributed by atoms with Gasteiger partial charge in [-0.1, -0.05) is 41.9 Å². The number of benzene rings is 3. The predicted molar refractivity (Wildman–Crippen MR) is 126 cm³/mol. The summed E-state index contributed by atoms with van der Waals surface area (Å²) in [6.07, 6.45) is 0. The average molecular weight is 462 g/mol. The van der Waals surface area contributed by atoms with E-state index in [1.807, 2.05) is 30.3 Å². The number of imide groups is 1. The number of anilines is 2. The number of amides is 3. The molecule has 0 saturated carbocycles. The molecule has 0 spiro atoms. The maximum Gasteiger partial charge on any atom is 0.283 e. The zero-order chi connectivity index (χ0) is 23.4. The normalized spacial score (nSPS) is 13.3. The highest BCUT2D eigenvalue weighted by Gasteiger charge is 2.38. The first-order valence-electron chi connectivity index (χ1n) is 10.1. The van der Waals surface area contributed by atoms with Crippen LogP contribution in [0.3, 0.4) is 0 Å². The van der Waals surface area contributed by atoms with Crippen molar-refractivity contribution in [1.29, 1.82) is 0 Å². The zero-order valence-corrected chi connectivity index (χ0v) is 18.4. The van der Waals surface area contributed by atoms with E-state index in [0.29, 0.717) is 29.2 Å². The quantitative estimate of drug-likeness (QED) is 0.518. The molecule has 33 heavy (non-hydrogen) atoms. The standard InChI is InChI=1S/C25H20ClN3O4/c1-33-20-13-11-19(12-14-20)29-24(31)21(26)22(25(29)32)28-18-9-7-17(8-10-18)23(30)27-15-16-5-3-2-4-6-16/h2-14,28H,15H2,1H3,(H,27,30). The van der Waals surface area contributed by atoms with E-state index < -0.39 is 11.8 Å². The fourth-order valence-electron chi connectivity index (χ4n) is 3.31. The van der Waals surface area contributed by atoms with Crippen LogP contribution in [0, 0.1) is 0 Å². The molecule has 0 radical (unpaired) electrons. The second kappa shape index (κ2) is 9.58. The summed E-state index contributed by atoms with van der Waals surface area (Å²) >= 11 is 6.17. The highest BCUT2D eigenvalue weighted by molar-refractivity contribution is 6.53. The van der Waals surface area contributed by atoms with Gasteiger partial charge in [0.15, 0.2) is 0 Å². The predicted octanol–water partition coefficient (Wildman–Crippen LogP) is 4.06. The molecular formula is C25H20ClN3O4. The molecule has 0 aromatic heterocycles. The lowest BCUT2D eigenvalue weighted by molar-refractivity contribution is -0.120. The second-order valence-corrected chi connectivity index (χ2v) is 7.58. The molecule has 7 nitrogen and oxygen atoms in total. The third kappa shape index (κ3) is 4.73. The van der Waals surface area contributed by atoms with Gasteiger partial charge in [0.1, 0.15) is 16.5 Å². The van der Waals surface area contributed by atoms with Gasteiger partial charge in [0.2, 0.25) is 0 Å². The van der Waals surface area contributed by atoms with E-state index in [4.69, 9.17) is 16.3 Å². The summed E-state index contributed by atoms with van der Waals surface area (Å²) in [7, 11) is 1.53. The lowest BCUT2D eigenvalue weighted by Crippen LogP contribution is -2.32. The minimum absolute atomic E-state index is 0.0289. The monoisotopic (exact) mass is 461 g/mol. The molecule has 8 heteroatoms. The van der Waals surface area contributed by atoms with Crippen molar-refractivity contribution in [2.24, 2.45) is 0 Å². The number of hydrogen-bond acceptors (Lipinski definition) is 5. The maximum absolute atomic E-state index is 12.9. The number of rotatable bonds is 7. The molecule has 0 fully saturated rings. The molecule has 0 aliphatic carbocycles. The number of halogens is 1. The van der Waals surface area contributed by atoms with Crippen molar-refractivity contribution in [3.05, 3.63) is 101 Å². The Balaban J connectivity index is 1.43. The van der Waals surface area contributed by atoms with Gasteiger partial charge in [-0.25, -0.2) is 4.90 Å². The third-order valence-corrected chi connectivity index (χ3v) is 5.42. The van der Waals surface area contributed by atoms with Crippen molar-refractivity contribution in [3.8, 4) is 5.75 Å².